The lowest BCUT2D eigenvalue weighted by atomic mass is 10.0. The number of nitrogens with zero attached hydrogens (tertiary/aromatic N) is 2. The summed E-state index contributed by atoms with van der Waals surface area (Å²) >= 11 is 1.55. The van der Waals surface area contributed by atoms with Crippen molar-refractivity contribution in [3.8, 4) is 0 Å². The molecule has 1 aliphatic rings. The minimum atomic E-state index is -0.359. The number of ether oxygens (including phenoxy) is 1. The van der Waals surface area contributed by atoms with E-state index in [9.17, 15) is 4.79 Å². The fourth-order valence-electron chi connectivity index (χ4n) is 2.46. The number of hydrogen-bond acceptors (Lipinski definition) is 5. The van der Waals surface area contributed by atoms with Crippen LogP contribution >= 0.6 is 11.3 Å². The molecule has 0 atom stereocenters. The number of anilines is 1. The summed E-state index contributed by atoms with van der Waals surface area (Å²) in [6, 6.07) is 8.48. The summed E-state index contributed by atoms with van der Waals surface area (Å²) in [6.07, 6.45) is 1.02. The minimum Gasteiger partial charge on any atom is -0.464 e. The third kappa shape index (κ3) is 2.29. The van der Waals surface area contributed by atoms with Crippen molar-refractivity contribution >= 4 is 22.4 Å². The van der Waals surface area contributed by atoms with Crippen LogP contribution in [-0.2, 0) is 17.7 Å². The molecule has 0 N–H and O–H groups in total. The van der Waals surface area contributed by atoms with Gasteiger partial charge in [0.2, 0.25) is 0 Å². The molecule has 0 aliphatic carbocycles. The number of thiazole rings is 1. The SMILES string of the molecule is COC(=O)c1nc(N2CCc3ccccc3C2)sc1C. The first-order chi connectivity index (χ1) is 9.69. The highest BCUT2D eigenvalue weighted by molar-refractivity contribution is 7.15. The number of carbonyl (C=O) groups excluding carboxylic acids is 1. The monoisotopic (exact) mass is 288 g/mol. The first kappa shape index (κ1) is 13.1. The second kappa shape index (κ2) is 5.25. The van der Waals surface area contributed by atoms with Gasteiger partial charge in [-0.3, -0.25) is 0 Å². The second-order valence-corrected chi connectivity index (χ2v) is 6.01. The number of fused-ring (bicyclic) bond motifs is 1. The summed E-state index contributed by atoms with van der Waals surface area (Å²) in [5.74, 6) is -0.359. The van der Waals surface area contributed by atoms with Gasteiger partial charge in [-0.1, -0.05) is 24.3 Å². The molecule has 0 fully saturated rings. The molecule has 4 nitrogen and oxygen atoms in total. The summed E-state index contributed by atoms with van der Waals surface area (Å²) in [5, 5.41) is 0.900. The predicted molar refractivity (Wildman–Crippen MR) is 79.4 cm³/mol. The van der Waals surface area contributed by atoms with Crippen molar-refractivity contribution in [2.24, 2.45) is 0 Å². The van der Waals surface area contributed by atoms with Gasteiger partial charge < -0.3 is 9.64 Å². The van der Waals surface area contributed by atoms with Gasteiger partial charge in [-0.25, -0.2) is 9.78 Å². The summed E-state index contributed by atoms with van der Waals surface area (Å²) in [6.45, 7) is 3.69. The Labute approximate surface area is 122 Å². The van der Waals surface area contributed by atoms with Gasteiger partial charge in [0.15, 0.2) is 10.8 Å². The van der Waals surface area contributed by atoms with E-state index in [4.69, 9.17) is 4.74 Å². The standard InChI is InChI=1S/C15H16N2O2S/c1-10-13(14(18)19-2)16-15(20-10)17-8-7-11-5-3-4-6-12(11)9-17/h3-6H,7-9H2,1-2H3. The maximum atomic E-state index is 11.6. The van der Waals surface area contributed by atoms with Gasteiger partial charge in [-0.2, -0.15) is 0 Å². The molecule has 1 aromatic carbocycles. The number of carbonyl (C=O) groups is 1. The van der Waals surface area contributed by atoms with Crippen LogP contribution in [0.15, 0.2) is 24.3 Å². The minimum absolute atomic E-state index is 0.359. The fourth-order valence-corrected chi connectivity index (χ4v) is 3.38. The van der Waals surface area contributed by atoms with Crippen molar-refractivity contribution in [2.45, 2.75) is 19.9 Å². The van der Waals surface area contributed by atoms with Gasteiger partial charge in [-0.05, 0) is 24.5 Å². The van der Waals surface area contributed by atoms with Crippen molar-refractivity contribution in [3.05, 3.63) is 46.0 Å². The normalized spacial score (nSPS) is 14.0. The van der Waals surface area contributed by atoms with E-state index < -0.39 is 0 Å². The number of aryl methyl sites for hydroxylation is 1. The Bertz CT molecular complexity index is 651. The topological polar surface area (TPSA) is 42.4 Å². The number of hydrogen-bond donors (Lipinski definition) is 0. The Hall–Kier alpha value is -1.88. The van der Waals surface area contributed by atoms with Crippen LogP contribution in [0.5, 0.6) is 0 Å². The quantitative estimate of drug-likeness (QED) is 0.797. The van der Waals surface area contributed by atoms with E-state index in [0.29, 0.717) is 5.69 Å². The highest BCUT2D eigenvalue weighted by Crippen LogP contribution is 2.30. The maximum absolute atomic E-state index is 11.6. The molecule has 3 rings (SSSR count). The smallest absolute Gasteiger partial charge is 0.357 e. The Morgan fingerprint density at radius 3 is 2.85 bits per heavy atom. The molecular formula is C15H16N2O2S. The molecule has 0 amide bonds. The van der Waals surface area contributed by atoms with E-state index in [2.05, 4.69) is 34.1 Å². The van der Waals surface area contributed by atoms with Gasteiger partial charge in [0, 0.05) is 18.0 Å². The highest BCUT2D eigenvalue weighted by atomic mass is 32.1. The van der Waals surface area contributed by atoms with Crippen molar-refractivity contribution in [1.82, 2.24) is 4.98 Å². The van der Waals surface area contributed by atoms with Gasteiger partial charge >= 0.3 is 5.97 Å². The molecule has 2 heterocycles. The van der Waals surface area contributed by atoms with Gasteiger partial charge in [-0.15, -0.1) is 11.3 Å². The molecular weight excluding hydrogens is 272 g/mol. The molecule has 0 bridgehead atoms. The zero-order valence-electron chi connectivity index (χ0n) is 11.5. The highest BCUT2D eigenvalue weighted by Gasteiger charge is 2.22. The van der Waals surface area contributed by atoms with E-state index in [1.165, 1.54) is 18.2 Å². The molecule has 0 spiro atoms. The van der Waals surface area contributed by atoms with Gasteiger partial charge in [0.1, 0.15) is 0 Å². The summed E-state index contributed by atoms with van der Waals surface area (Å²) in [7, 11) is 1.39. The maximum Gasteiger partial charge on any atom is 0.357 e. The summed E-state index contributed by atoms with van der Waals surface area (Å²) < 4.78 is 4.76. The van der Waals surface area contributed by atoms with Crippen LogP contribution in [0.25, 0.3) is 0 Å². The number of rotatable bonds is 2. The lowest BCUT2D eigenvalue weighted by molar-refractivity contribution is 0.0594. The van der Waals surface area contributed by atoms with Crippen LogP contribution in [0.4, 0.5) is 5.13 Å². The van der Waals surface area contributed by atoms with E-state index in [-0.39, 0.29) is 5.97 Å². The Morgan fingerprint density at radius 1 is 1.35 bits per heavy atom. The zero-order valence-corrected chi connectivity index (χ0v) is 12.4. The second-order valence-electron chi connectivity index (χ2n) is 4.83. The first-order valence-corrected chi connectivity index (χ1v) is 7.38. The van der Waals surface area contributed by atoms with Crippen LogP contribution in [0.1, 0.15) is 26.5 Å². The average molecular weight is 288 g/mol. The molecule has 104 valence electrons. The van der Waals surface area contributed by atoms with Crippen molar-refractivity contribution < 1.29 is 9.53 Å². The number of methoxy groups -OCH3 is 1. The van der Waals surface area contributed by atoms with Crippen LogP contribution in [-0.4, -0.2) is 24.6 Å². The number of aromatic nitrogens is 1. The van der Waals surface area contributed by atoms with Crippen LogP contribution in [0.3, 0.4) is 0 Å². The van der Waals surface area contributed by atoms with E-state index >= 15 is 0 Å². The van der Waals surface area contributed by atoms with Crippen LogP contribution in [0, 0.1) is 6.92 Å². The third-order valence-corrected chi connectivity index (χ3v) is 4.60. The molecule has 0 saturated carbocycles. The molecule has 20 heavy (non-hydrogen) atoms. The van der Waals surface area contributed by atoms with E-state index in [1.54, 1.807) is 11.3 Å². The lowest BCUT2D eigenvalue weighted by Gasteiger charge is -2.28. The van der Waals surface area contributed by atoms with Crippen molar-refractivity contribution in [2.75, 3.05) is 18.6 Å². The molecule has 0 unspecified atom stereocenters. The molecule has 2 aromatic rings. The van der Waals surface area contributed by atoms with E-state index in [0.717, 1.165) is 29.5 Å². The zero-order chi connectivity index (χ0) is 14.1. The summed E-state index contributed by atoms with van der Waals surface area (Å²) in [4.78, 5) is 19.2. The number of esters is 1. The van der Waals surface area contributed by atoms with Crippen LogP contribution in [0.2, 0.25) is 0 Å². The first-order valence-electron chi connectivity index (χ1n) is 6.56. The van der Waals surface area contributed by atoms with E-state index in [1.807, 2.05) is 6.92 Å². The fraction of sp³-hybridized carbons (Fsp3) is 0.333. The Kier molecular flexibility index (Phi) is 3.44. The largest absolute Gasteiger partial charge is 0.464 e. The van der Waals surface area contributed by atoms with Crippen molar-refractivity contribution in [1.29, 1.82) is 0 Å². The molecule has 0 saturated heterocycles. The third-order valence-electron chi connectivity index (χ3n) is 3.57. The summed E-state index contributed by atoms with van der Waals surface area (Å²) in [5.41, 5.74) is 3.18. The van der Waals surface area contributed by atoms with Gasteiger partial charge in [0.05, 0.1) is 7.11 Å². The molecule has 1 aromatic heterocycles. The number of benzene rings is 1. The molecule has 0 radical (unpaired) electrons. The molecule has 5 heteroatoms. The Morgan fingerprint density at radius 2 is 2.10 bits per heavy atom. The van der Waals surface area contributed by atoms with Crippen LogP contribution < -0.4 is 4.90 Å². The molecule has 1 aliphatic heterocycles. The average Bonchev–Trinajstić information content (AvgIpc) is 2.88. The Balaban J connectivity index is 1.87. The lowest BCUT2D eigenvalue weighted by Crippen LogP contribution is -2.30. The van der Waals surface area contributed by atoms with Crippen molar-refractivity contribution in [3.63, 3.8) is 0 Å². The van der Waals surface area contributed by atoms with Gasteiger partial charge in [0.25, 0.3) is 0 Å². The predicted octanol–water partition coefficient (Wildman–Crippen LogP) is 2.80.